The zero-order valence-electron chi connectivity index (χ0n) is 17.3. The molecule has 4 rings (SSSR count). The van der Waals surface area contributed by atoms with E-state index in [1.54, 1.807) is 17.8 Å². The molecule has 1 amide bonds. The van der Waals surface area contributed by atoms with Gasteiger partial charge < -0.3 is 14.5 Å². The lowest BCUT2D eigenvalue weighted by Gasteiger charge is -2.32. The van der Waals surface area contributed by atoms with Gasteiger partial charge in [0.05, 0.1) is 16.5 Å². The maximum absolute atomic E-state index is 13.0. The van der Waals surface area contributed by atoms with Gasteiger partial charge in [0, 0.05) is 52.2 Å². The van der Waals surface area contributed by atoms with Crippen LogP contribution in [0.1, 0.15) is 34.3 Å². The highest BCUT2D eigenvalue weighted by molar-refractivity contribution is 6.07. The highest BCUT2D eigenvalue weighted by atomic mass is 16.2. The van der Waals surface area contributed by atoms with Gasteiger partial charge >= 0.3 is 0 Å². The lowest BCUT2D eigenvalue weighted by Crippen LogP contribution is -2.44. The Balaban J connectivity index is 1.45. The molecular formula is C23H28N4O2. The number of hydrogen-bond donors (Lipinski definition) is 1. The average Bonchev–Trinajstić information content (AvgIpc) is 3.06. The molecule has 0 atom stereocenters. The van der Waals surface area contributed by atoms with Crippen molar-refractivity contribution in [2.24, 2.45) is 14.1 Å². The van der Waals surface area contributed by atoms with E-state index in [1.165, 1.54) is 5.56 Å². The third-order valence-electron chi connectivity index (χ3n) is 5.89. The van der Waals surface area contributed by atoms with Crippen LogP contribution in [0.4, 0.5) is 0 Å². The summed E-state index contributed by atoms with van der Waals surface area (Å²) in [7, 11) is 3.61. The molecule has 2 aromatic heterocycles. The molecular weight excluding hydrogens is 364 g/mol. The van der Waals surface area contributed by atoms with E-state index < -0.39 is 0 Å². The van der Waals surface area contributed by atoms with Crippen LogP contribution in [-0.2, 0) is 20.6 Å². The van der Waals surface area contributed by atoms with Gasteiger partial charge in [-0.15, -0.1) is 0 Å². The van der Waals surface area contributed by atoms with E-state index in [2.05, 4.69) is 34.5 Å². The van der Waals surface area contributed by atoms with E-state index in [9.17, 15) is 9.59 Å². The number of amides is 1. The number of fused-ring (bicyclic) bond motifs is 1. The van der Waals surface area contributed by atoms with Crippen LogP contribution >= 0.6 is 0 Å². The quantitative estimate of drug-likeness (QED) is 0.742. The van der Waals surface area contributed by atoms with Crippen LogP contribution in [-0.4, -0.2) is 39.1 Å². The molecule has 1 N–H and O–H groups in total. The number of piperidine rings is 1. The largest absolute Gasteiger partial charge is 0.349 e. The first-order chi connectivity index (χ1) is 13.9. The molecule has 0 spiro atoms. The molecule has 0 bridgehead atoms. The van der Waals surface area contributed by atoms with Crippen molar-refractivity contribution in [3.8, 4) is 0 Å². The maximum atomic E-state index is 13.0. The van der Waals surface area contributed by atoms with Gasteiger partial charge in [0.1, 0.15) is 0 Å². The second-order valence-corrected chi connectivity index (χ2v) is 8.11. The number of nitrogens with zero attached hydrogens (tertiary/aromatic N) is 3. The van der Waals surface area contributed by atoms with Crippen LogP contribution in [0.5, 0.6) is 0 Å². The van der Waals surface area contributed by atoms with Gasteiger partial charge in [0.25, 0.3) is 11.5 Å². The van der Waals surface area contributed by atoms with Crippen LogP contribution < -0.4 is 10.9 Å². The van der Waals surface area contributed by atoms with Crippen molar-refractivity contribution in [2.75, 3.05) is 13.1 Å². The predicted octanol–water partition coefficient (Wildman–Crippen LogP) is 2.58. The van der Waals surface area contributed by atoms with Crippen molar-refractivity contribution in [1.82, 2.24) is 19.4 Å². The molecule has 0 aliphatic carbocycles. The number of carbonyl (C=O) groups excluding carboxylic acids is 1. The normalized spacial score (nSPS) is 15.7. The molecule has 0 saturated carbocycles. The number of nitrogens with one attached hydrogen (secondary N) is 1. The van der Waals surface area contributed by atoms with Crippen molar-refractivity contribution in [3.05, 3.63) is 69.8 Å². The minimum Gasteiger partial charge on any atom is -0.349 e. The zero-order chi connectivity index (χ0) is 20.5. The monoisotopic (exact) mass is 392 g/mol. The topological polar surface area (TPSA) is 59.3 Å². The molecule has 1 saturated heterocycles. The number of aryl methyl sites for hydroxylation is 3. The predicted molar refractivity (Wildman–Crippen MR) is 115 cm³/mol. The summed E-state index contributed by atoms with van der Waals surface area (Å²) in [5, 5.41) is 3.67. The lowest BCUT2D eigenvalue weighted by molar-refractivity contribution is 0.0910. The van der Waals surface area contributed by atoms with Gasteiger partial charge in [-0.3, -0.25) is 14.5 Å². The minimum absolute atomic E-state index is 0.131. The first kappa shape index (κ1) is 19.5. The Bertz CT molecular complexity index is 1090. The van der Waals surface area contributed by atoms with E-state index in [-0.39, 0.29) is 17.5 Å². The second kappa shape index (κ2) is 7.87. The number of likely N-dealkylation sites (tertiary alicyclic amines) is 1. The number of pyridine rings is 1. The van der Waals surface area contributed by atoms with Crippen LogP contribution in [0.15, 0.2) is 47.5 Å². The Labute approximate surface area is 170 Å². The molecule has 1 aromatic carbocycles. The van der Waals surface area contributed by atoms with Crippen LogP contribution in [0.25, 0.3) is 10.9 Å². The molecule has 6 heteroatoms. The molecule has 29 heavy (non-hydrogen) atoms. The smallest absolute Gasteiger partial charge is 0.260 e. The summed E-state index contributed by atoms with van der Waals surface area (Å²) < 4.78 is 3.43. The molecule has 0 unspecified atom stereocenters. The van der Waals surface area contributed by atoms with Crippen LogP contribution in [0, 0.1) is 6.92 Å². The summed E-state index contributed by atoms with van der Waals surface area (Å²) in [6, 6.07) is 10.6. The Hall–Kier alpha value is -2.86. The second-order valence-electron chi connectivity index (χ2n) is 8.11. The standard InChI is InChI=1S/C23H28N4O2/c1-16-13-26(3)23(29)20-19(15-25(2)21(16)20)22(28)24-18-9-11-27(12-10-18)14-17-7-5-4-6-8-17/h4-8,13,15,18H,9-12,14H2,1-3H3,(H,24,28). The van der Waals surface area contributed by atoms with E-state index in [4.69, 9.17) is 0 Å². The fraction of sp³-hybridized carbons (Fsp3) is 0.391. The summed E-state index contributed by atoms with van der Waals surface area (Å²) in [5.41, 5.74) is 3.47. The Morgan fingerprint density at radius 3 is 2.45 bits per heavy atom. The summed E-state index contributed by atoms with van der Waals surface area (Å²) in [6.45, 7) is 4.82. The van der Waals surface area contributed by atoms with Gasteiger partial charge in [0.15, 0.2) is 0 Å². The first-order valence-corrected chi connectivity index (χ1v) is 10.2. The van der Waals surface area contributed by atoms with Gasteiger partial charge in [0.2, 0.25) is 0 Å². The highest BCUT2D eigenvalue weighted by Crippen LogP contribution is 2.21. The van der Waals surface area contributed by atoms with Crippen molar-refractivity contribution < 1.29 is 4.79 Å². The van der Waals surface area contributed by atoms with E-state index in [1.807, 2.05) is 30.8 Å². The first-order valence-electron chi connectivity index (χ1n) is 10.2. The summed E-state index contributed by atoms with van der Waals surface area (Å²) >= 11 is 0. The zero-order valence-corrected chi connectivity index (χ0v) is 17.3. The number of rotatable bonds is 4. The maximum Gasteiger partial charge on any atom is 0.260 e. The average molecular weight is 393 g/mol. The third-order valence-corrected chi connectivity index (χ3v) is 5.89. The molecule has 1 aliphatic heterocycles. The van der Waals surface area contributed by atoms with Crippen molar-refractivity contribution in [1.29, 1.82) is 0 Å². The van der Waals surface area contributed by atoms with Crippen LogP contribution in [0.3, 0.4) is 0 Å². The molecule has 1 aliphatic rings. The Morgan fingerprint density at radius 2 is 1.76 bits per heavy atom. The Morgan fingerprint density at radius 1 is 1.07 bits per heavy atom. The van der Waals surface area contributed by atoms with Gasteiger partial charge in [-0.05, 0) is 30.9 Å². The number of hydrogen-bond acceptors (Lipinski definition) is 3. The van der Waals surface area contributed by atoms with Crippen LogP contribution in [0.2, 0.25) is 0 Å². The SMILES string of the molecule is Cc1cn(C)c(=O)c2c(C(=O)NC3CCN(Cc4ccccc4)CC3)cn(C)c12. The molecule has 1 fully saturated rings. The molecule has 3 aromatic rings. The molecule has 0 radical (unpaired) electrons. The number of carbonyl (C=O) groups is 1. The van der Waals surface area contributed by atoms with Gasteiger partial charge in [-0.1, -0.05) is 30.3 Å². The van der Waals surface area contributed by atoms with Crippen molar-refractivity contribution in [2.45, 2.75) is 32.4 Å². The summed E-state index contributed by atoms with van der Waals surface area (Å²) in [4.78, 5) is 28.1. The summed E-state index contributed by atoms with van der Waals surface area (Å²) in [6.07, 6.45) is 5.43. The van der Waals surface area contributed by atoms with E-state index in [0.717, 1.165) is 43.6 Å². The minimum atomic E-state index is -0.153. The molecule has 3 heterocycles. The van der Waals surface area contributed by atoms with E-state index in [0.29, 0.717) is 10.9 Å². The molecule has 6 nitrogen and oxygen atoms in total. The number of benzene rings is 1. The van der Waals surface area contributed by atoms with E-state index >= 15 is 0 Å². The van der Waals surface area contributed by atoms with Crippen molar-refractivity contribution in [3.63, 3.8) is 0 Å². The third kappa shape index (κ3) is 3.85. The summed E-state index contributed by atoms with van der Waals surface area (Å²) in [5.74, 6) is -0.153. The Kier molecular flexibility index (Phi) is 5.28. The van der Waals surface area contributed by atoms with Gasteiger partial charge in [-0.2, -0.15) is 0 Å². The highest BCUT2D eigenvalue weighted by Gasteiger charge is 2.24. The lowest BCUT2D eigenvalue weighted by atomic mass is 10.0. The fourth-order valence-corrected chi connectivity index (χ4v) is 4.42. The molecule has 152 valence electrons. The fourth-order valence-electron chi connectivity index (χ4n) is 4.42. The van der Waals surface area contributed by atoms with Crippen molar-refractivity contribution >= 4 is 16.8 Å². The number of aromatic nitrogens is 2. The van der Waals surface area contributed by atoms with Gasteiger partial charge in [-0.25, -0.2) is 0 Å².